The van der Waals surface area contributed by atoms with Crippen molar-refractivity contribution in [2.75, 3.05) is 33.2 Å². The lowest BCUT2D eigenvalue weighted by atomic mass is 9.97. The van der Waals surface area contributed by atoms with Crippen molar-refractivity contribution in [3.05, 3.63) is 35.4 Å². The Morgan fingerprint density at radius 1 is 1.30 bits per heavy atom. The van der Waals surface area contributed by atoms with Crippen LogP contribution in [0.4, 0.5) is 0 Å². The van der Waals surface area contributed by atoms with Crippen LogP contribution in [0.3, 0.4) is 0 Å². The number of rotatable bonds is 8. The molecule has 0 aliphatic carbocycles. The molecule has 1 aliphatic heterocycles. The van der Waals surface area contributed by atoms with Crippen LogP contribution in [0.25, 0.3) is 0 Å². The summed E-state index contributed by atoms with van der Waals surface area (Å²) in [7, 11) is 1.79. The van der Waals surface area contributed by atoms with E-state index in [9.17, 15) is 4.79 Å². The van der Waals surface area contributed by atoms with Crippen LogP contribution in [-0.2, 0) is 17.8 Å². The van der Waals surface area contributed by atoms with Gasteiger partial charge in [-0.15, -0.1) is 24.0 Å². The third kappa shape index (κ3) is 8.04. The smallest absolute Gasteiger partial charge is 0.221 e. The Labute approximate surface area is 180 Å². The second kappa shape index (κ2) is 12.9. The van der Waals surface area contributed by atoms with Crippen molar-refractivity contribution in [1.82, 2.24) is 15.5 Å². The lowest BCUT2D eigenvalue weighted by Crippen LogP contribution is -2.42. The van der Waals surface area contributed by atoms with Gasteiger partial charge in [0.2, 0.25) is 5.91 Å². The number of carbonyl (C=O) groups excluding carboxylic acids is 1. The van der Waals surface area contributed by atoms with E-state index in [2.05, 4.69) is 51.7 Å². The summed E-state index contributed by atoms with van der Waals surface area (Å²) in [5.74, 6) is 0.680. The van der Waals surface area contributed by atoms with Crippen LogP contribution in [0, 0.1) is 5.92 Å². The molecular formula is C20H34IN5O. The van der Waals surface area contributed by atoms with E-state index in [1.165, 1.54) is 11.1 Å². The predicted octanol–water partition coefficient (Wildman–Crippen LogP) is 2.12. The molecule has 6 nitrogen and oxygen atoms in total. The van der Waals surface area contributed by atoms with Crippen molar-refractivity contribution in [2.24, 2.45) is 16.6 Å². The van der Waals surface area contributed by atoms with Gasteiger partial charge in [0.15, 0.2) is 5.96 Å². The van der Waals surface area contributed by atoms with E-state index in [1.807, 2.05) is 0 Å². The fraction of sp³-hybridized carbons (Fsp3) is 0.600. The van der Waals surface area contributed by atoms with Gasteiger partial charge in [-0.1, -0.05) is 31.2 Å². The van der Waals surface area contributed by atoms with Crippen molar-refractivity contribution in [3.63, 3.8) is 0 Å². The molecule has 0 aromatic heterocycles. The number of likely N-dealkylation sites (tertiary alicyclic amines) is 1. The van der Waals surface area contributed by atoms with Gasteiger partial charge in [0, 0.05) is 26.7 Å². The number of piperidine rings is 1. The van der Waals surface area contributed by atoms with E-state index in [0.29, 0.717) is 0 Å². The monoisotopic (exact) mass is 487 g/mol. The van der Waals surface area contributed by atoms with Crippen molar-refractivity contribution in [2.45, 2.75) is 39.2 Å². The minimum atomic E-state index is -0.162. The zero-order valence-electron chi connectivity index (χ0n) is 16.5. The topological polar surface area (TPSA) is 82.8 Å². The number of aryl methyl sites for hydroxylation is 1. The first-order chi connectivity index (χ1) is 12.6. The van der Waals surface area contributed by atoms with Crippen LogP contribution in [0.15, 0.2) is 29.3 Å². The van der Waals surface area contributed by atoms with Crippen molar-refractivity contribution in [3.8, 4) is 0 Å². The quantitative estimate of drug-likeness (QED) is 0.227. The number of nitrogens with zero attached hydrogens (tertiary/aromatic N) is 2. The minimum Gasteiger partial charge on any atom is -0.369 e. The van der Waals surface area contributed by atoms with Gasteiger partial charge in [-0.2, -0.15) is 0 Å². The third-order valence-corrected chi connectivity index (χ3v) is 5.02. The molecule has 1 unspecified atom stereocenters. The lowest BCUT2D eigenvalue weighted by Gasteiger charge is -2.31. The summed E-state index contributed by atoms with van der Waals surface area (Å²) in [6, 6.07) is 8.49. The lowest BCUT2D eigenvalue weighted by molar-refractivity contribution is -0.123. The molecule has 7 heteroatoms. The highest BCUT2D eigenvalue weighted by Gasteiger charge is 2.23. The largest absolute Gasteiger partial charge is 0.369 e. The van der Waals surface area contributed by atoms with E-state index in [4.69, 9.17) is 5.73 Å². The Balaban J connectivity index is 0.00000364. The number of hydrogen-bond donors (Lipinski definition) is 3. The molecule has 1 fully saturated rings. The molecule has 0 bridgehead atoms. The molecule has 1 amide bonds. The standard InChI is InChI=1S/C20H33N5O.HI/c1-3-16-8-4-5-9-17(16)14-24-20(22-2)23-11-7-13-25-12-6-10-18(15-25)19(21)26;/h4-5,8-9,18H,3,6-7,10-15H2,1-2H3,(H2,21,26)(H2,22,23,24);1H. The molecule has 1 heterocycles. The first kappa shape index (κ1) is 23.7. The Bertz CT molecular complexity index is 608. The van der Waals surface area contributed by atoms with E-state index >= 15 is 0 Å². The third-order valence-electron chi connectivity index (χ3n) is 5.02. The normalized spacial score (nSPS) is 17.9. The number of nitrogens with two attached hydrogens (primary N) is 1. The molecule has 0 saturated carbocycles. The summed E-state index contributed by atoms with van der Waals surface area (Å²) in [6.07, 6.45) is 4.03. The molecule has 2 rings (SSSR count). The minimum absolute atomic E-state index is 0. The Kier molecular flexibility index (Phi) is 11.3. The molecular weight excluding hydrogens is 453 g/mol. The van der Waals surface area contributed by atoms with Gasteiger partial charge in [-0.25, -0.2) is 0 Å². The van der Waals surface area contributed by atoms with Crippen LogP contribution in [0.2, 0.25) is 0 Å². The number of amides is 1. The predicted molar refractivity (Wildman–Crippen MR) is 122 cm³/mol. The van der Waals surface area contributed by atoms with Gasteiger partial charge >= 0.3 is 0 Å². The van der Waals surface area contributed by atoms with Gasteiger partial charge in [0.05, 0.1) is 5.92 Å². The maximum Gasteiger partial charge on any atom is 0.221 e. The van der Waals surface area contributed by atoms with Crippen LogP contribution in [0.1, 0.15) is 37.3 Å². The highest BCUT2D eigenvalue weighted by Crippen LogP contribution is 2.15. The highest BCUT2D eigenvalue weighted by atomic mass is 127. The van der Waals surface area contributed by atoms with Crippen LogP contribution >= 0.6 is 24.0 Å². The molecule has 4 N–H and O–H groups in total. The number of hydrogen-bond acceptors (Lipinski definition) is 3. The SMILES string of the molecule is CCc1ccccc1CNC(=NC)NCCCN1CCCC(C(N)=O)C1.I. The van der Waals surface area contributed by atoms with E-state index in [1.54, 1.807) is 7.05 Å². The van der Waals surface area contributed by atoms with E-state index < -0.39 is 0 Å². The molecule has 27 heavy (non-hydrogen) atoms. The van der Waals surface area contributed by atoms with Gasteiger partial charge in [-0.05, 0) is 49.9 Å². The van der Waals surface area contributed by atoms with E-state index in [0.717, 1.165) is 64.4 Å². The van der Waals surface area contributed by atoms with Crippen LogP contribution in [-0.4, -0.2) is 50.0 Å². The maximum absolute atomic E-state index is 11.4. The Hall–Kier alpha value is -1.35. The summed E-state index contributed by atoms with van der Waals surface area (Å²) >= 11 is 0. The number of aliphatic imine (C=N–C) groups is 1. The molecule has 1 saturated heterocycles. The molecule has 1 aliphatic rings. The maximum atomic E-state index is 11.4. The molecule has 152 valence electrons. The summed E-state index contributed by atoms with van der Waals surface area (Å²) in [5.41, 5.74) is 8.12. The number of nitrogens with one attached hydrogen (secondary N) is 2. The molecule has 1 aromatic carbocycles. The average molecular weight is 487 g/mol. The number of benzene rings is 1. The first-order valence-corrected chi connectivity index (χ1v) is 9.67. The van der Waals surface area contributed by atoms with Gasteiger partial charge < -0.3 is 21.3 Å². The van der Waals surface area contributed by atoms with Gasteiger partial charge in [-0.3, -0.25) is 9.79 Å². The van der Waals surface area contributed by atoms with Crippen LogP contribution in [0.5, 0.6) is 0 Å². The average Bonchev–Trinajstić information content (AvgIpc) is 2.67. The summed E-state index contributed by atoms with van der Waals surface area (Å²) < 4.78 is 0. The molecule has 1 atom stereocenters. The summed E-state index contributed by atoms with van der Waals surface area (Å²) in [4.78, 5) is 18.0. The Morgan fingerprint density at radius 3 is 2.70 bits per heavy atom. The van der Waals surface area contributed by atoms with Crippen molar-refractivity contribution >= 4 is 35.8 Å². The summed E-state index contributed by atoms with van der Waals surface area (Å²) in [6.45, 7) is 6.64. The summed E-state index contributed by atoms with van der Waals surface area (Å²) in [5, 5.41) is 6.76. The van der Waals surface area contributed by atoms with Crippen molar-refractivity contribution < 1.29 is 4.79 Å². The van der Waals surface area contributed by atoms with Crippen molar-refractivity contribution in [1.29, 1.82) is 0 Å². The zero-order valence-corrected chi connectivity index (χ0v) is 18.9. The molecule has 0 radical (unpaired) electrons. The number of carbonyl (C=O) groups is 1. The second-order valence-corrected chi connectivity index (χ2v) is 6.87. The second-order valence-electron chi connectivity index (χ2n) is 6.87. The van der Waals surface area contributed by atoms with E-state index in [-0.39, 0.29) is 35.8 Å². The Morgan fingerprint density at radius 2 is 2.04 bits per heavy atom. The van der Waals surface area contributed by atoms with Gasteiger partial charge in [0.25, 0.3) is 0 Å². The zero-order chi connectivity index (χ0) is 18.8. The van der Waals surface area contributed by atoms with Crippen LogP contribution < -0.4 is 16.4 Å². The highest BCUT2D eigenvalue weighted by molar-refractivity contribution is 14.0. The number of primary amides is 1. The fourth-order valence-corrected chi connectivity index (χ4v) is 3.47. The number of halogens is 1. The van der Waals surface area contributed by atoms with Gasteiger partial charge in [0.1, 0.15) is 0 Å². The molecule has 0 spiro atoms. The fourth-order valence-electron chi connectivity index (χ4n) is 3.47. The first-order valence-electron chi connectivity index (χ1n) is 9.67. The number of guanidine groups is 1. The molecule has 1 aromatic rings.